The van der Waals surface area contributed by atoms with E-state index in [0.717, 1.165) is 11.1 Å². The van der Waals surface area contributed by atoms with Crippen LogP contribution in [0.4, 0.5) is 8.78 Å². The zero-order valence-corrected chi connectivity index (χ0v) is 10.4. The third-order valence-electron chi connectivity index (χ3n) is 2.93. The zero-order chi connectivity index (χ0) is 13.9. The zero-order valence-electron chi connectivity index (χ0n) is 10.4. The molecule has 1 aromatic heterocycles. The first kappa shape index (κ1) is 12.4. The highest BCUT2D eigenvalue weighted by atomic mass is 19.1. The van der Waals surface area contributed by atoms with Gasteiger partial charge >= 0.3 is 0 Å². The minimum absolute atomic E-state index is 0.287. The molecule has 0 fully saturated rings. The summed E-state index contributed by atoms with van der Waals surface area (Å²) in [5.41, 5.74) is 2.92. The van der Waals surface area contributed by atoms with Gasteiger partial charge < -0.3 is 0 Å². The summed E-state index contributed by atoms with van der Waals surface area (Å²) in [6, 6.07) is 12.1. The lowest BCUT2D eigenvalue weighted by Crippen LogP contribution is -1.89. The molecule has 0 saturated heterocycles. The average Bonchev–Trinajstić information content (AvgIpc) is 2.49. The highest BCUT2D eigenvalue weighted by Crippen LogP contribution is 2.20. The Hall–Kier alpha value is -2.62. The molecule has 3 aromatic rings. The smallest absolute Gasteiger partial charge is 0.123 e. The van der Waals surface area contributed by atoms with E-state index in [4.69, 9.17) is 0 Å². The summed E-state index contributed by atoms with van der Waals surface area (Å²) in [6.07, 6.45) is 3.23. The Morgan fingerprint density at radius 1 is 0.550 bits per heavy atom. The van der Waals surface area contributed by atoms with Crippen LogP contribution in [0.15, 0.2) is 60.9 Å². The van der Waals surface area contributed by atoms with Crippen molar-refractivity contribution in [3.63, 3.8) is 0 Å². The Bertz CT molecular complexity index is 640. The minimum atomic E-state index is -0.287. The van der Waals surface area contributed by atoms with Gasteiger partial charge in [-0.15, -0.1) is 0 Å². The largest absolute Gasteiger partial charge is 0.252 e. The van der Waals surface area contributed by atoms with Crippen LogP contribution in [0.25, 0.3) is 22.5 Å². The molecule has 0 bridgehead atoms. The van der Waals surface area contributed by atoms with E-state index in [9.17, 15) is 8.78 Å². The van der Waals surface area contributed by atoms with Crippen LogP contribution >= 0.6 is 0 Å². The van der Waals surface area contributed by atoms with Crippen molar-refractivity contribution in [3.8, 4) is 22.5 Å². The third kappa shape index (κ3) is 2.54. The molecule has 0 aliphatic rings. The molecule has 0 amide bonds. The van der Waals surface area contributed by atoms with Gasteiger partial charge in [-0.1, -0.05) is 0 Å². The molecule has 0 saturated carbocycles. The normalized spacial score (nSPS) is 10.5. The van der Waals surface area contributed by atoms with Gasteiger partial charge in [-0.25, -0.2) is 8.78 Å². The van der Waals surface area contributed by atoms with Crippen molar-refractivity contribution in [2.45, 2.75) is 0 Å². The second-order valence-corrected chi connectivity index (χ2v) is 4.30. The SMILES string of the molecule is Fc1ccc(-c2cnc(-c3ccc(F)cc3)cn2)cc1. The molecule has 1 heterocycles. The van der Waals surface area contributed by atoms with Crippen LogP contribution < -0.4 is 0 Å². The first-order chi connectivity index (χ1) is 9.72. The van der Waals surface area contributed by atoms with Crippen molar-refractivity contribution in [2.24, 2.45) is 0 Å². The molecule has 98 valence electrons. The van der Waals surface area contributed by atoms with Gasteiger partial charge in [0.2, 0.25) is 0 Å². The molecule has 0 aliphatic carbocycles. The van der Waals surface area contributed by atoms with Crippen LogP contribution in [0.2, 0.25) is 0 Å². The van der Waals surface area contributed by atoms with Crippen molar-refractivity contribution in [1.29, 1.82) is 0 Å². The lowest BCUT2D eigenvalue weighted by atomic mass is 10.1. The summed E-state index contributed by atoms with van der Waals surface area (Å²) >= 11 is 0. The van der Waals surface area contributed by atoms with Gasteiger partial charge in [0, 0.05) is 11.1 Å². The molecule has 0 radical (unpaired) electrons. The van der Waals surface area contributed by atoms with E-state index in [1.165, 1.54) is 24.3 Å². The van der Waals surface area contributed by atoms with E-state index in [0.29, 0.717) is 11.4 Å². The van der Waals surface area contributed by atoms with Crippen molar-refractivity contribution in [3.05, 3.63) is 72.6 Å². The Morgan fingerprint density at radius 2 is 0.900 bits per heavy atom. The summed E-state index contributed by atoms with van der Waals surface area (Å²) in [5.74, 6) is -0.575. The van der Waals surface area contributed by atoms with Crippen molar-refractivity contribution >= 4 is 0 Å². The summed E-state index contributed by atoms with van der Waals surface area (Å²) in [7, 11) is 0. The standard InChI is InChI=1S/C16H10F2N2/c17-13-5-1-11(2-6-13)15-9-20-16(10-19-15)12-3-7-14(18)8-4-12/h1-10H. The molecule has 0 aliphatic heterocycles. The Balaban J connectivity index is 1.91. The van der Waals surface area contributed by atoms with Gasteiger partial charge in [0.15, 0.2) is 0 Å². The lowest BCUT2D eigenvalue weighted by molar-refractivity contribution is 0.627. The molecular formula is C16H10F2N2. The quantitative estimate of drug-likeness (QED) is 0.699. The number of hydrogen-bond acceptors (Lipinski definition) is 2. The number of aromatic nitrogens is 2. The van der Waals surface area contributed by atoms with E-state index in [-0.39, 0.29) is 11.6 Å². The third-order valence-corrected chi connectivity index (χ3v) is 2.93. The Kier molecular flexibility index (Phi) is 3.21. The van der Waals surface area contributed by atoms with Crippen LogP contribution in [-0.2, 0) is 0 Å². The van der Waals surface area contributed by atoms with Crippen LogP contribution in [0.3, 0.4) is 0 Å². The summed E-state index contributed by atoms with van der Waals surface area (Å²) in [5, 5.41) is 0. The van der Waals surface area contributed by atoms with E-state index < -0.39 is 0 Å². The summed E-state index contributed by atoms with van der Waals surface area (Å²) < 4.78 is 25.7. The van der Waals surface area contributed by atoms with E-state index in [1.54, 1.807) is 36.7 Å². The maximum absolute atomic E-state index is 12.9. The number of hydrogen-bond donors (Lipinski definition) is 0. The topological polar surface area (TPSA) is 25.8 Å². The fourth-order valence-electron chi connectivity index (χ4n) is 1.87. The van der Waals surface area contributed by atoms with Gasteiger partial charge in [-0.2, -0.15) is 0 Å². The molecule has 20 heavy (non-hydrogen) atoms. The van der Waals surface area contributed by atoms with Gasteiger partial charge in [0.1, 0.15) is 11.6 Å². The number of halogens is 2. The van der Waals surface area contributed by atoms with Gasteiger partial charge in [-0.05, 0) is 48.5 Å². The van der Waals surface area contributed by atoms with Crippen molar-refractivity contribution in [2.75, 3.05) is 0 Å². The molecule has 0 atom stereocenters. The highest BCUT2D eigenvalue weighted by molar-refractivity contribution is 5.62. The molecule has 2 nitrogen and oxygen atoms in total. The molecule has 0 spiro atoms. The molecule has 2 aromatic carbocycles. The fraction of sp³-hybridized carbons (Fsp3) is 0. The van der Waals surface area contributed by atoms with Gasteiger partial charge in [0.25, 0.3) is 0 Å². The monoisotopic (exact) mass is 268 g/mol. The molecule has 0 N–H and O–H groups in total. The Labute approximate surface area is 114 Å². The maximum atomic E-state index is 12.9. The molecule has 4 heteroatoms. The predicted octanol–water partition coefficient (Wildman–Crippen LogP) is 4.09. The number of rotatable bonds is 2. The molecule has 3 rings (SSSR count). The first-order valence-electron chi connectivity index (χ1n) is 6.06. The van der Waals surface area contributed by atoms with Crippen molar-refractivity contribution in [1.82, 2.24) is 9.97 Å². The van der Waals surface area contributed by atoms with Crippen molar-refractivity contribution < 1.29 is 8.78 Å². The number of nitrogens with zero attached hydrogens (tertiary/aromatic N) is 2. The van der Waals surface area contributed by atoms with E-state index in [2.05, 4.69) is 9.97 Å². The highest BCUT2D eigenvalue weighted by Gasteiger charge is 2.03. The fourth-order valence-corrected chi connectivity index (χ4v) is 1.87. The molecule has 0 unspecified atom stereocenters. The lowest BCUT2D eigenvalue weighted by Gasteiger charge is -2.03. The van der Waals surface area contributed by atoms with Crippen LogP contribution in [0.1, 0.15) is 0 Å². The summed E-state index contributed by atoms with van der Waals surface area (Å²) in [4.78, 5) is 8.60. The maximum Gasteiger partial charge on any atom is 0.123 e. The average molecular weight is 268 g/mol. The van der Waals surface area contributed by atoms with E-state index >= 15 is 0 Å². The van der Waals surface area contributed by atoms with E-state index in [1.807, 2.05) is 0 Å². The second kappa shape index (κ2) is 5.17. The Morgan fingerprint density at radius 3 is 1.20 bits per heavy atom. The van der Waals surface area contributed by atoms with Crippen LogP contribution in [0, 0.1) is 11.6 Å². The molecular weight excluding hydrogens is 258 g/mol. The number of benzene rings is 2. The minimum Gasteiger partial charge on any atom is -0.252 e. The van der Waals surface area contributed by atoms with Crippen LogP contribution in [0.5, 0.6) is 0 Å². The first-order valence-corrected chi connectivity index (χ1v) is 6.06. The summed E-state index contributed by atoms with van der Waals surface area (Å²) in [6.45, 7) is 0. The van der Waals surface area contributed by atoms with Gasteiger partial charge in [0.05, 0.1) is 23.8 Å². The second-order valence-electron chi connectivity index (χ2n) is 4.30. The predicted molar refractivity (Wildman–Crippen MR) is 72.8 cm³/mol. The van der Waals surface area contributed by atoms with Crippen LogP contribution in [-0.4, -0.2) is 9.97 Å². The van der Waals surface area contributed by atoms with Gasteiger partial charge in [-0.3, -0.25) is 9.97 Å².